The molecule has 1 aliphatic heterocycles. The molecule has 0 amide bonds. The number of ether oxygens (including phenoxy) is 3. The van der Waals surface area contributed by atoms with E-state index >= 15 is 0 Å². The number of benzene rings is 1. The van der Waals surface area contributed by atoms with Gasteiger partial charge in [0.15, 0.2) is 11.5 Å². The van der Waals surface area contributed by atoms with E-state index in [0.29, 0.717) is 17.9 Å². The summed E-state index contributed by atoms with van der Waals surface area (Å²) in [6.07, 6.45) is 2.05. The van der Waals surface area contributed by atoms with Crippen molar-refractivity contribution in [1.29, 1.82) is 0 Å². The van der Waals surface area contributed by atoms with Crippen molar-refractivity contribution in [3.63, 3.8) is 0 Å². The van der Waals surface area contributed by atoms with Gasteiger partial charge in [0.25, 0.3) is 0 Å². The van der Waals surface area contributed by atoms with Crippen LogP contribution in [0.3, 0.4) is 0 Å². The molecule has 0 spiro atoms. The third-order valence-corrected chi connectivity index (χ3v) is 4.48. The van der Waals surface area contributed by atoms with Gasteiger partial charge in [-0.05, 0) is 37.2 Å². The Kier molecular flexibility index (Phi) is 8.32. The monoisotopic (exact) mass is 407 g/mol. The number of carbonyl (C=O) groups is 2. The predicted molar refractivity (Wildman–Crippen MR) is 103 cm³/mol. The Morgan fingerprint density at radius 2 is 1.96 bits per heavy atom. The zero-order chi connectivity index (χ0) is 20.4. The van der Waals surface area contributed by atoms with Gasteiger partial charge in [-0.3, -0.25) is 0 Å². The Hall–Kier alpha value is -3.04. The minimum absolute atomic E-state index is 0.0261. The van der Waals surface area contributed by atoms with E-state index in [1.165, 1.54) is 4.88 Å². The molecule has 1 aromatic heterocycles. The Bertz CT molecular complexity index is 789. The fraction of sp³-hybridized carbons (Fsp3) is 0.263. The number of hydrogen-bond acceptors (Lipinski definition) is 7. The summed E-state index contributed by atoms with van der Waals surface area (Å²) in [7, 11) is 1.95. The number of fused-ring (bicyclic) bond motifs is 1. The summed E-state index contributed by atoms with van der Waals surface area (Å²) in [5.74, 6) is -0.311. The lowest BCUT2D eigenvalue weighted by molar-refractivity contribution is -0.134. The summed E-state index contributed by atoms with van der Waals surface area (Å²) in [4.78, 5) is 20.3. The number of carboxylic acids is 2. The smallest absolute Gasteiger partial charge is 0.328 e. The van der Waals surface area contributed by atoms with Gasteiger partial charge in [0.05, 0.1) is 0 Å². The fourth-order valence-corrected chi connectivity index (χ4v) is 3.09. The SMILES string of the molecule is CNCC[C@@H](Oc1cccc2c1OCO2)c1cccs1.O=C(O)/C=C/C(=O)O. The van der Waals surface area contributed by atoms with Crippen LogP contribution < -0.4 is 19.5 Å². The lowest BCUT2D eigenvalue weighted by atomic mass is 10.2. The zero-order valence-electron chi connectivity index (χ0n) is 15.2. The molecule has 3 N–H and O–H groups in total. The first-order valence-corrected chi connectivity index (χ1v) is 9.26. The summed E-state index contributed by atoms with van der Waals surface area (Å²) in [5, 5.41) is 20.9. The second-order valence-corrected chi connectivity index (χ2v) is 6.49. The molecular formula is C19H21NO7S. The van der Waals surface area contributed by atoms with Crippen molar-refractivity contribution in [3.05, 3.63) is 52.7 Å². The molecule has 2 heterocycles. The van der Waals surface area contributed by atoms with Crippen LogP contribution in [0.2, 0.25) is 0 Å². The normalized spacial score (nSPS) is 12.9. The van der Waals surface area contributed by atoms with Crippen molar-refractivity contribution in [2.24, 2.45) is 0 Å². The molecule has 28 heavy (non-hydrogen) atoms. The van der Waals surface area contributed by atoms with Crippen LogP contribution in [0.25, 0.3) is 0 Å². The average molecular weight is 407 g/mol. The number of aliphatic carboxylic acids is 2. The van der Waals surface area contributed by atoms with E-state index in [9.17, 15) is 9.59 Å². The van der Waals surface area contributed by atoms with Crippen molar-refractivity contribution < 1.29 is 34.0 Å². The summed E-state index contributed by atoms with van der Waals surface area (Å²) in [6.45, 7) is 1.16. The Morgan fingerprint density at radius 1 is 1.21 bits per heavy atom. The van der Waals surface area contributed by atoms with E-state index in [4.69, 9.17) is 24.4 Å². The van der Waals surface area contributed by atoms with Gasteiger partial charge in [-0.25, -0.2) is 9.59 Å². The van der Waals surface area contributed by atoms with Crippen LogP contribution in [0.4, 0.5) is 0 Å². The molecule has 150 valence electrons. The van der Waals surface area contributed by atoms with Gasteiger partial charge in [-0.2, -0.15) is 0 Å². The Balaban J connectivity index is 0.000000300. The van der Waals surface area contributed by atoms with Crippen molar-refractivity contribution in [3.8, 4) is 17.2 Å². The van der Waals surface area contributed by atoms with E-state index in [1.54, 1.807) is 11.3 Å². The van der Waals surface area contributed by atoms with Crippen molar-refractivity contribution in [1.82, 2.24) is 5.32 Å². The van der Waals surface area contributed by atoms with Crippen LogP contribution in [0.15, 0.2) is 47.9 Å². The molecule has 0 saturated carbocycles. The van der Waals surface area contributed by atoms with Gasteiger partial charge in [-0.15, -0.1) is 11.3 Å². The third-order valence-electron chi connectivity index (χ3n) is 3.52. The molecule has 0 bridgehead atoms. The largest absolute Gasteiger partial charge is 0.481 e. The molecule has 0 unspecified atom stereocenters. The Labute approximate surface area is 166 Å². The molecule has 0 radical (unpaired) electrons. The topological polar surface area (TPSA) is 114 Å². The van der Waals surface area contributed by atoms with Crippen molar-refractivity contribution >= 4 is 23.3 Å². The molecule has 0 saturated heterocycles. The number of nitrogens with one attached hydrogen (secondary N) is 1. The van der Waals surface area contributed by atoms with Gasteiger partial charge in [0, 0.05) is 23.5 Å². The van der Waals surface area contributed by atoms with E-state index in [1.807, 2.05) is 31.3 Å². The van der Waals surface area contributed by atoms with Gasteiger partial charge in [0.1, 0.15) is 6.10 Å². The predicted octanol–water partition coefficient (Wildman–Crippen LogP) is 2.92. The number of rotatable bonds is 8. The molecule has 0 aliphatic carbocycles. The maximum Gasteiger partial charge on any atom is 0.328 e. The minimum Gasteiger partial charge on any atom is -0.481 e. The van der Waals surface area contributed by atoms with E-state index < -0.39 is 11.9 Å². The van der Waals surface area contributed by atoms with Gasteiger partial charge in [0.2, 0.25) is 12.5 Å². The van der Waals surface area contributed by atoms with E-state index in [-0.39, 0.29) is 12.9 Å². The summed E-state index contributed by atoms with van der Waals surface area (Å²) in [6, 6.07) is 9.89. The number of hydrogen-bond donors (Lipinski definition) is 3. The molecule has 1 atom stereocenters. The van der Waals surface area contributed by atoms with Crippen LogP contribution in [-0.4, -0.2) is 42.5 Å². The third kappa shape index (κ3) is 6.60. The minimum atomic E-state index is -1.26. The molecule has 9 heteroatoms. The number of carboxylic acid groups (broad SMARTS) is 2. The second kappa shape index (κ2) is 11.0. The first kappa shape index (κ1) is 21.3. The Morgan fingerprint density at radius 3 is 2.57 bits per heavy atom. The second-order valence-electron chi connectivity index (χ2n) is 5.51. The van der Waals surface area contributed by atoms with Crippen molar-refractivity contribution in [2.45, 2.75) is 12.5 Å². The molecule has 1 aliphatic rings. The van der Waals surface area contributed by atoms with Crippen LogP contribution in [0, 0.1) is 0 Å². The maximum absolute atomic E-state index is 9.55. The summed E-state index contributed by atoms with van der Waals surface area (Å²) in [5.41, 5.74) is 0. The van der Waals surface area contributed by atoms with E-state index in [0.717, 1.165) is 24.5 Å². The number of para-hydroxylation sites is 1. The summed E-state index contributed by atoms with van der Waals surface area (Å²) >= 11 is 1.71. The molecular weight excluding hydrogens is 386 g/mol. The zero-order valence-corrected chi connectivity index (χ0v) is 16.0. The first-order chi connectivity index (χ1) is 13.5. The average Bonchev–Trinajstić information content (AvgIpc) is 3.35. The standard InChI is InChI=1S/C15H17NO3S.C4H4O4/c1-16-8-7-11(14-6-3-9-20-14)19-13-5-2-4-12-15(13)18-10-17-12;5-3(6)1-2-4(7)8/h2-6,9,11,16H,7-8,10H2,1H3;1-2H,(H,5,6)(H,7,8)/b;2-1+/t11-;/m1./s1. The van der Waals surface area contributed by atoms with Crippen LogP contribution in [0.1, 0.15) is 17.4 Å². The first-order valence-electron chi connectivity index (χ1n) is 8.38. The fourth-order valence-electron chi connectivity index (χ4n) is 2.30. The molecule has 3 rings (SSSR count). The maximum atomic E-state index is 9.55. The van der Waals surface area contributed by atoms with Crippen LogP contribution >= 0.6 is 11.3 Å². The highest BCUT2D eigenvalue weighted by Gasteiger charge is 2.22. The highest BCUT2D eigenvalue weighted by atomic mass is 32.1. The highest BCUT2D eigenvalue weighted by molar-refractivity contribution is 7.10. The van der Waals surface area contributed by atoms with Crippen LogP contribution in [0.5, 0.6) is 17.2 Å². The lowest BCUT2D eigenvalue weighted by Gasteiger charge is -2.18. The molecule has 0 fully saturated rings. The summed E-state index contributed by atoms with van der Waals surface area (Å²) < 4.78 is 17.0. The highest BCUT2D eigenvalue weighted by Crippen LogP contribution is 2.42. The van der Waals surface area contributed by atoms with Crippen LogP contribution in [-0.2, 0) is 9.59 Å². The lowest BCUT2D eigenvalue weighted by Crippen LogP contribution is -2.15. The van der Waals surface area contributed by atoms with E-state index in [2.05, 4.69) is 16.8 Å². The quantitative estimate of drug-likeness (QED) is 0.572. The van der Waals surface area contributed by atoms with Crippen molar-refractivity contribution in [2.75, 3.05) is 20.4 Å². The molecule has 1 aromatic carbocycles. The molecule has 8 nitrogen and oxygen atoms in total. The van der Waals surface area contributed by atoms with Gasteiger partial charge >= 0.3 is 11.9 Å². The van der Waals surface area contributed by atoms with Gasteiger partial charge < -0.3 is 29.7 Å². The molecule has 2 aromatic rings. The van der Waals surface area contributed by atoms with Gasteiger partial charge in [-0.1, -0.05) is 12.1 Å². The number of thiophene rings is 1.